The Balaban J connectivity index is 2.03. The fourth-order valence-corrected chi connectivity index (χ4v) is 3.06. The Hall–Kier alpha value is -0.540. The monoisotopic (exact) mass is 310 g/mol. The summed E-state index contributed by atoms with van der Waals surface area (Å²) in [7, 11) is 4.31. The molecule has 3 heteroatoms. The van der Waals surface area contributed by atoms with Crippen LogP contribution in [0.5, 0.6) is 0 Å². The van der Waals surface area contributed by atoms with E-state index in [1.54, 1.807) is 0 Å². The second-order valence-electron chi connectivity index (χ2n) is 5.34. The third kappa shape index (κ3) is 3.07. The van der Waals surface area contributed by atoms with Crippen molar-refractivity contribution in [2.24, 2.45) is 0 Å². The minimum atomic E-state index is 0.690. The Kier molecular flexibility index (Phi) is 4.68. The summed E-state index contributed by atoms with van der Waals surface area (Å²) in [6.45, 7) is 2.15. The van der Waals surface area contributed by atoms with E-state index in [0.717, 1.165) is 6.04 Å². The number of anilines is 1. The van der Waals surface area contributed by atoms with E-state index in [1.165, 1.54) is 41.4 Å². The van der Waals surface area contributed by atoms with Crippen LogP contribution in [0.2, 0.25) is 0 Å². The second kappa shape index (κ2) is 6.07. The van der Waals surface area contributed by atoms with Crippen molar-refractivity contribution < 1.29 is 0 Å². The molecule has 0 atom stereocenters. The van der Waals surface area contributed by atoms with Crippen molar-refractivity contribution in [3.8, 4) is 0 Å². The van der Waals surface area contributed by atoms with Crippen molar-refractivity contribution in [2.75, 3.05) is 19.0 Å². The summed E-state index contributed by atoms with van der Waals surface area (Å²) < 4.78 is 1.19. The van der Waals surface area contributed by atoms with Gasteiger partial charge in [0.15, 0.2) is 0 Å². The quantitative estimate of drug-likeness (QED) is 0.915. The zero-order valence-corrected chi connectivity index (χ0v) is 13.1. The van der Waals surface area contributed by atoms with Gasteiger partial charge in [-0.25, -0.2) is 0 Å². The van der Waals surface area contributed by atoms with Crippen molar-refractivity contribution >= 4 is 21.6 Å². The third-order valence-electron chi connectivity index (χ3n) is 4.20. The number of hydrogen-bond donors (Lipinski definition) is 1. The van der Waals surface area contributed by atoms with Gasteiger partial charge in [0.1, 0.15) is 0 Å². The third-order valence-corrected chi connectivity index (χ3v) is 5.09. The van der Waals surface area contributed by atoms with Gasteiger partial charge in [0.05, 0.1) is 0 Å². The van der Waals surface area contributed by atoms with E-state index in [9.17, 15) is 0 Å². The van der Waals surface area contributed by atoms with E-state index in [1.807, 2.05) is 0 Å². The first-order valence-electron chi connectivity index (χ1n) is 6.78. The van der Waals surface area contributed by atoms with Crippen LogP contribution < -0.4 is 10.2 Å². The van der Waals surface area contributed by atoms with Crippen LogP contribution in [-0.2, 0) is 0 Å². The van der Waals surface area contributed by atoms with Gasteiger partial charge in [-0.05, 0) is 63.4 Å². The molecule has 0 amide bonds. The van der Waals surface area contributed by atoms with Gasteiger partial charge in [0.2, 0.25) is 0 Å². The number of nitrogens with one attached hydrogen (secondary N) is 1. The average Bonchev–Trinajstić information content (AvgIpc) is 2.41. The minimum absolute atomic E-state index is 0.690. The van der Waals surface area contributed by atoms with Crippen LogP contribution in [0, 0.1) is 6.92 Å². The molecule has 1 aromatic carbocycles. The van der Waals surface area contributed by atoms with Crippen LogP contribution in [0.25, 0.3) is 0 Å². The maximum atomic E-state index is 3.56. The lowest BCUT2D eigenvalue weighted by Crippen LogP contribution is -2.39. The lowest BCUT2D eigenvalue weighted by molar-refractivity contribution is 0.351. The minimum Gasteiger partial charge on any atom is -0.372 e. The summed E-state index contributed by atoms with van der Waals surface area (Å²) in [6, 6.07) is 8.05. The number of nitrogens with zero attached hydrogens (tertiary/aromatic N) is 1. The van der Waals surface area contributed by atoms with Crippen molar-refractivity contribution in [3.05, 3.63) is 28.2 Å². The normalized spacial score (nSPS) is 24.0. The fourth-order valence-electron chi connectivity index (χ4n) is 2.81. The molecule has 0 spiro atoms. The highest BCUT2D eigenvalue weighted by Crippen LogP contribution is 2.28. The highest BCUT2D eigenvalue weighted by molar-refractivity contribution is 9.10. The lowest BCUT2D eigenvalue weighted by Gasteiger charge is -2.36. The molecule has 0 unspecified atom stereocenters. The van der Waals surface area contributed by atoms with Crippen LogP contribution in [0.15, 0.2) is 22.7 Å². The first-order valence-corrected chi connectivity index (χ1v) is 7.57. The van der Waals surface area contributed by atoms with Crippen LogP contribution >= 0.6 is 15.9 Å². The Labute approximate surface area is 119 Å². The summed E-state index contributed by atoms with van der Waals surface area (Å²) >= 11 is 3.56. The first kappa shape index (κ1) is 13.9. The SMILES string of the molecule is CNC1CCC(N(C)c2ccc(Br)c(C)c2)CC1. The van der Waals surface area contributed by atoms with Crippen LogP contribution in [0.1, 0.15) is 31.2 Å². The topological polar surface area (TPSA) is 15.3 Å². The zero-order chi connectivity index (χ0) is 13.1. The van der Waals surface area contributed by atoms with E-state index in [4.69, 9.17) is 0 Å². The van der Waals surface area contributed by atoms with Gasteiger partial charge in [0, 0.05) is 29.3 Å². The Morgan fingerprint density at radius 1 is 1.22 bits per heavy atom. The van der Waals surface area contributed by atoms with E-state index in [0.29, 0.717) is 6.04 Å². The number of halogens is 1. The number of aryl methyl sites for hydroxylation is 1. The highest BCUT2D eigenvalue weighted by Gasteiger charge is 2.23. The molecule has 100 valence electrons. The smallest absolute Gasteiger partial charge is 0.0369 e. The summed E-state index contributed by atoms with van der Waals surface area (Å²) in [5, 5.41) is 3.40. The number of hydrogen-bond acceptors (Lipinski definition) is 2. The van der Waals surface area contributed by atoms with Crippen molar-refractivity contribution in [2.45, 2.75) is 44.7 Å². The van der Waals surface area contributed by atoms with Crippen molar-refractivity contribution in [1.82, 2.24) is 5.32 Å². The van der Waals surface area contributed by atoms with Gasteiger partial charge in [-0.1, -0.05) is 15.9 Å². The molecule has 1 aliphatic carbocycles. The first-order chi connectivity index (χ1) is 8.61. The highest BCUT2D eigenvalue weighted by atomic mass is 79.9. The Morgan fingerprint density at radius 3 is 2.44 bits per heavy atom. The van der Waals surface area contributed by atoms with Gasteiger partial charge in [-0.2, -0.15) is 0 Å². The zero-order valence-electron chi connectivity index (χ0n) is 11.5. The Morgan fingerprint density at radius 2 is 1.89 bits per heavy atom. The molecule has 0 aromatic heterocycles. The maximum absolute atomic E-state index is 3.56. The molecule has 0 aliphatic heterocycles. The van der Waals surface area contributed by atoms with Gasteiger partial charge in [0.25, 0.3) is 0 Å². The summed E-state index contributed by atoms with van der Waals surface area (Å²) in [4.78, 5) is 2.45. The molecule has 1 N–H and O–H groups in total. The summed E-state index contributed by atoms with van der Waals surface area (Å²) in [5.74, 6) is 0. The summed E-state index contributed by atoms with van der Waals surface area (Å²) in [6.07, 6.45) is 5.16. The van der Waals surface area contributed by atoms with Gasteiger partial charge >= 0.3 is 0 Å². The molecule has 1 aromatic rings. The van der Waals surface area contributed by atoms with Crippen molar-refractivity contribution in [1.29, 1.82) is 0 Å². The largest absolute Gasteiger partial charge is 0.372 e. The fraction of sp³-hybridized carbons (Fsp3) is 0.600. The molecule has 0 bridgehead atoms. The van der Waals surface area contributed by atoms with Gasteiger partial charge in [-0.3, -0.25) is 0 Å². The van der Waals surface area contributed by atoms with Gasteiger partial charge in [-0.15, -0.1) is 0 Å². The molecule has 2 rings (SSSR count). The van der Waals surface area contributed by atoms with Crippen LogP contribution in [-0.4, -0.2) is 26.2 Å². The average molecular weight is 311 g/mol. The molecular formula is C15H23BrN2. The molecule has 1 fully saturated rings. The predicted octanol–water partition coefficient (Wildman–Crippen LogP) is 3.72. The summed E-state index contributed by atoms with van der Waals surface area (Å²) in [5.41, 5.74) is 2.65. The molecule has 1 saturated carbocycles. The van der Waals surface area contributed by atoms with Gasteiger partial charge < -0.3 is 10.2 Å². The molecule has 1 aliphatic rings. The second-order valence-corrected chi connectivity index (χ2v) is 6.19. The molecule has 18 heavy (non-hydrogen) atoms. The van der Waals surface area contributed by atoms with Crippen molar-refractivity contribution in [3.63, 3.8) is 0 Å². The Bertz CT molecular complexity index is 397. The predicted molar refractivity (Wildman–Crippen MR) is 82.4 cm³/mol. The van der Waals surface area contributed by atoms with Crippen LogP contribution in [0.4, 0.5) is 5.69 Å². The van der Waals surface area contributed by atoms with Crippen LogP contribution in [0.3, 0.4) is 0 Å². The molecule has 0 saturated heterocycles. The van der Waals surface area contributed by atoms with E-state index >= 15 is 0 Å². The molecular weight excluding hydrogens is 288 g/mol. The maximum Gasteiger partial charge on any atom is 0.0369 e. The standard InChI is InChI=1S/C15H23BrN2/c1-11-10-14(8-9-15(11)16)18(3)13-6-4-12(17-2)5-7-13/h8-10,12-13,17H,4-7H2,1-3H3. The molecule has 2 nitrogen and oxygen atoms in total. The van der Waals surface area contributed by atoms with E-state index in [-0.39, 0.29) is 0 Å². The van der Waals surface area contributed by atoms with E-state index in [2.05, 4.69) is 65.4 Å². The number of rotatable bonds is 3. The lowest BCUT2D eigenvalue weighted by atomic mass is 9.90. The van der Waals surface area contributed by atoms with E-state index < -0.39 is 0 Å². The number of benzene rings is 1. The molecule has 0 radical (unpaired) electrons. The molecule has 0 heterocycles.